The maximum absolute atomic E-state index is 14.2. The molecule has 0 saturated heterocycles. The number of anilines is 1. The first-order valence-corrected chi connectivity index (χ1v) is 9.18. The molecule has 1 fully saturated rings. The molecule has 0 spiro atoms. The molecule has 7 nitrogen and oxygen atoms in total. The summed E-state index contributed by atoms with van der Waals surface area (Å²) in [4.78, 5) is 16.9. The monoisotopic (exact) mass is 398 g/mol. The first-order chi connectivity index (χ1) is 14.0. The number of aliphatic hydroxyl groups is 1. The van der Waals surface area contributed by atoms with Gasteiger partial charge in [0.1, 0.15) is 18.2 Å². The molecule has 9 heteroatoms. The van der Waals surface area contributed by atoms with Gasteiger partial charge in [-0.15, -0.1) is 0 Å². The van der Waals surface area contributed by atoms with E-state index in [9.17, 15) is 13.9 Å². The number of hydrogen-bond acceptors (Lipinski definition) is 7. The van der Waals surface area contributed by atoms with Gasteiger partial charge in [-0.2, -0.15) is 0 Å². The minimum absolute atomic E-state index is 0.199. The summed E-state index contributed by atoms with van der Waals surface area (Å²) in [6.45, 7) is 0.272. The SMILES string of the molecule is NC(O)c1ccnc(-c2cnc(NCC3(c4ncccc4F)CC(F)C3)nc2)c1. The van der Waals surface area contributed by atoms with Crippen molar-refractivity contribution < 1.29 is 13.9 Å². The summed E-state index contributed by atoms with van der Waals surface area (Å²) >= 11 is 0. The van der Waals surface area contributed by atoms with Gasteiger partial charge in [0.05, 0.1) is 11.4 Å². The summed E-state index contributed by atoms with van der Waals surface area (Å²) in [7, 11) is 0. The van der Waals surface area contributed by atoms with Crippen molar-refractivity contribution in [2.45, 2.75) is 30.7 Å². The Hall–Kier alpha value is -3.04. The van der Waals surface area contributed by atoms with Crippen LogP contribution in [0.15, 0.2) is 49.1 Å². The van der Waals surface area contributed by atoms with Gasteiger partial charge in [-0.1, -0.05) is 0 Å². The van der Waals surface area contributed by atoms with E-state index in [4.69, 9.17) is 5.73 Å². The molecule has 1 aliphatic rings. The molecule has 0 bridgehead atoms. The Morgan fingerprint density at radius 3 is 2.59 bits per heavy atom. The van der Waals surface area contributed by atoms with E-state index >= 15 is 0 Å². The normalized spacial score (nSPS) is 22.0. The number of nitrogens with zero attached hydrogens (tertiary/aromatic N) is 4. The number of rotatable bonds is 6. The standard InChI is InChI=1S/C20H20F2N6O/c21-14-7-20(8-14,17-15(22)2-1-4-25-17)11-28-19-26-9-13(10-27-19)16-6-12(18(23)29)3-5-24-16/h1-6,9-10,14,18,29H,7-8,11,23H2,(H,26,27,28). The largest absolute Gasteiger partial charge is 0.375 e. The molecule has 0 amide bonds. The van der Waals surface area contributed by atoms with E-state index in [1.54, 1.807) is 30.7 Å². The topological polar surface area (TPSA) is 110 Å². The lowest BCUT2D eigenvalue weighted by Gasteiger charge is -2.43. The van der Waals surface area contributed by atoms with Gasteiger partial charge in [-0.3, -0.25) is 9.97 Å². The van der Waals surface area contributed by atoms with Crippen molar-refractivity contribution in [1.29, 1.82) is 0 Å². The molecule has 0 radical (unpaired) electrons. The molecule has 1 atom stereocenters. The minimum Gasteiger partial charge on any atom is -0.375 e. The number of pyridine rings is 2. The van der Waals surface area contributed by atoms with Gasteiger partial charge >= 0.3 is 0 Å². The zero-order chi connectivity index (χ0) is 20.4. The van der Waals surface area contributed by atoms with E-state index in [-0.39, 0.29) is 25.1 Å². The van der Waals surface area contributed by atoms with Crippen LogP contribution >= 0.6 is 0 Å². The second-order valence-corrected chi connectivity index (χ2v) is 7.19. The zero-order valence-corrected chi connectivity index (χ0v) is 15.5. The van der Waals surface area contributed by atoms with Gasteiger partial charge < -0.3 is 16.2 Å². The molecule has 4 N–H and O–H groups in total. The molecule has 1 aliphatic carbocycles. The van der Waals surface area contributed by atoms with E-state index in [1.165, 1.54) is 18.3 Å². The fourth-order valence-electron chi connectivity index (χ4n) is 3.57. The van der Waals surface area contributed by atoms with E-state index in [2.05, 4.69) is 25.3 Å². The van der Waals surface area contributed by atoms with Gasteiger partial charge in [0.15, 0.2) is 0 Å². The van der Waals surface area contributed by atoms with Gasteiger partial charge in [0.25, 0.3) is 0 Å². The van der Waals surface area contributed by atoms with Crippen molar-refractivity contribution in [3.05, 3.63) is 66.1 Å². The Morgan fingerprint density at radius 2 is 1.93 bits per heavy atom. The number of nitrogens with one attached hydrogen (secondary N) is 1. The fourth-order valence-corrected chi connectivity index (χ4v) is 3.57. The second-order valence-electron chi connectivity index (χ2n) is 7.19. The van der Waals surface area contributed by atoms with Crippen molar-refractivity contribution in [1.82, 2.24) is 19.9 Å². The van der Waals surface area contributed by atoms with Crippen LogP contribution in [-0.4, -0.2) is 37.8 Å². The van der Waals surface area contributed by atoms with Crippen molar-refractivity contribution in [3.63, 3.8) is 0 Å². The Bertz CT molecular complexity index is 992. The molecule has 29 heavy (non-hydrogen) atoms. The maximum Gasteiger partial charge on any atom is 0.222 e. The summed E-state index contributed by atoms with van der Waals surface area (Å²) in [5, 5.41) is 12.6. The highest BCUT2D eigenvalue weighted by atomic mass is 19.1. The van der Waals surface area contributed by atoms with Crippen LogP contribution in [0.2, 0.25) is 0 Å². The molecule has 3 aromatic heterocycles. The number of hydrogen-bond donors (Lipinski definition) is 3. The van der Waals surface area contributed by atoms with Crippen LogP contribution in [0, 0.1) is 5.82 Å². The molecule has 1 saturated carbocycles. The molecule has 150 valence electrons. The average molecular weight is 398 g/mol. The predicted octanol–water partition coefficient (Wildman–Crippen LogP) is 2.50. The van der Waals surface area contributed by atoms with Gasteiger partial charge in [0, 0.05) is 42.3 Å². The van der Waals surface area contributed by atoms with Crippen LogP contribution < -0.4 is 11.1 Å². The Balaban J connectivity index is 1.49. The molecular weight excluding hydrogens is 378 g/mol. The van der Waals surface area contributed by atoms with Crippen LogP contribution in [0.1, 0.15) is 30.3 Å². The highest BCUT2D eigenvalue weighted by molar-refractivity contribution is 5.58. The zero-order valence-electron chi connectivity index (χ0n) is 15.5. The summed E-state index contributed by atoms with van der Waals surface area (Å²) in [5.74, 6) is -0.104. The molecule has 4 rings (SSSR count). The second kappa shape index (κ2) is 7.76. The van der Waals surface area contributed by atoms with Gasteiger partial charge in [-0.25, -0.2) is 18.7 Å². The summed E-state index contributed by atoms with van der Waals surface area (Å²) in [6, 6.07) is 6.13. The highest BCUT2D eigenvalue weighted by Gasteiger charge is 2.48. The third-order valence-electron chi connectivity index (χ3n) is 5.14. The molecule has 0 aliphatic heterocycles. The van der Waals surface area contributed by atoms with Gasteiger partial charge in [-0.05, 0) is 42.7 Å². The van der Waals surface area contributed by atoms with Crippen molar-refractivity contribution >= 4 is 5.95 Å². The summed E-state index contributed by atoms with van der Waals surface area (Å²) < 4.78 is 27.9. The van der Waals surface area contributed by atoms with Crippen LogP contribution in [0.3, 0.4) is 0 Å². The van der Waals surface area contributed by atoms with Crippen LogP contribution in [0.5, 0.6) is 0 Å². The summed E-state index contributed by atoms with van der Waals surface area (Å²) in [5.41, 5.74) is 6.77. The van der Waals surface area contributed by atoms with Crippen molar-refractivity contribution in [3.8, 4) is 11.3 Å². The first kappa shape index (κ1) is 19.3. The lowest BCUT2D eigenvalue weighted by Crippen LogP contribution is -2.49. The quantitative estimate of drug-likeness (QED) is 0.547. The van der Waals surface area contributed by atoms with Gasteiger partial charge in [0.2, 0.25) is 5.95 Å². The Morgan fingerprint density at radius 1 is 1.17 bits per heavy atom. The van der Waals surface area contributed by atoms with Crippen LogP contribution in [0.4, 0.5) is 14.7 Å². The molecular formula is C20H20F2N6O. The smallest absolute Gasteiger partial charge is 0.222 e. The molecule has 3 heterocycles. The lowest BCUT2D eigenvalue weighted by molar-refractivity contribution is 0.0963. The number of nitrogens with two attached hydrogens (primary N) is 1. The third-order valence-corrected chi connectivity index (χ3v) is 5.14. The van der Waals surface area contributed by atoms with Crippen LogP contribution in [-0.2, 0) is 5.41 Å². The molecule has 1 unspecified atom stereocenters. The molecule has 3 aromatic rings. The predicted molar refractivity (Wildman–Crippen MR) is 103 cm³/mol. The Kier molecular flexibility index (Phi) is 5.16. The van der Waals surface area contributed by atoms with Crippen LogP contribution in [0.25, 0.3) is 11.3 Å². The average Bonchev–Trinajstić information content (AvgIpc) is 2.71. The number of halogens is 2. The minimum atomic E-state index is -1.09. The van der Waals surface area contributed by atoms with Crippen molar-refractivity contribution in [2.24, 2.45) is 5.73 Å². The van der Waals surface area contributed by atoms with E-state index in [0.717, 1.165) is 0 Å². The van der Waals surface area contributed by atoms with E-state index in [0.29, 0.717) is 22.8 Å². The number of aliphatic hydroxyl groups excluding tert-OH is 1. The summed E-state index contributed by atoms with van der Waals surface area (Å²) in [6.07, 6.45) is 4.54. The highest BCUT2D eigenvalue weighted by Crippen LogP contribution is 2.45. The number of aromatic nitrogens is 4. The van der Waals surface area contributed by atoms with E-state index < -0.39 is 23.6 Å². The fraction of sp³-hybridized carbons (Fsp3) is 0.300. The lowest BCUT2D eigenvalue weighted by atomic mass is 9.65. The van der Waals surface area contributed by atoms with Crippen molar-refractivity contribution in [2.75, 3.05) is 11.9 Å². The maximum atomic E-state index is 14.2. The third kappa shape index (κ3) is 3.92. The first-order valence-electron chi connectivity index (χ1n) is 9.18. The number of alkyl halides is 1. The molecule has 0 aromatic carbocycles. The van der Waals surface area contributed by atoms with E-state index in [1.807, 2.05) is 0 Å². The Labute approximate surface area is 166 Å².